The lowest BCUT2D eigenvalue weighted by Crippen LogP contribution is -2.44. The van der Waals surface area contributed by atoms with Gasteiger partial charge < -0.3 is 15.1 Å². The van der Waals surface area contributed by atoms with Gasteiger partial charge in [0, 0.05) is 18.2 Å². The maximum Gasteiger partial charge on any atom is 0.256 e. The Balaban J connectivity index is 1.66. The van der Waals surface area contributed by atoms with E-state index in [1.54, 1.807) is 21.9 Å². The first kappa shape index (κ1) is 20.1. The molecule has 2 atom stereocenters. The van der Waals surface area contributed by atoms with Crippen molar-refractivity contribution in [3.8, 4) is 0 Å². The molecule has 2 aromatic rings. The Hall–Kier alpha value is -3.15. The highest BCUT2D eigenvalue weighted by Gasteiger charge is 2.41. The van der Waals surface area contributed by atoms with E-state index in [0.717, 1.165) is 18.4 Å². The Morgan fingerprint density at radius 3 is 2.77 bits per heavy atom. The largest absolute Gasteiger partial charge is 0.350 e. The summed E-state index contributed by atoms with van der Waals surface area (Å²) in [6.45, 7) is 4.93. The molecule has 0 unspecified atom stereocenters. The van der Waals surface area contributed by atoms with Crippen molar-refractivity contribution in [1.82, 2.24) is 10.2 Å². The highest BCUT2D eigenvalue weighted by atomic mass is 16.2. The normalized spacial score (nSPS) is 19.2. The molecule has 0 spiro atoms. The van der Waals surface area contributed by atoms with E-state index in [-0.39, 0.29) is 23.8 Å². The van der Waals surface area contributed by atoms with Crippen molar-refractivity contribution in [1.29, 1.82) is 0 Å². The summed E-state index contributed by atoms with van der Waals surface area (Å²) < 4.78 is 0. The number of hydrogen-bond donors (Lipinski definition) is 1. The molecule has 3 amide bonds. The number of para-hydroxylation sites is 1. The predicted octanol–water partition coefficient (Wildman–Crippen LogP) is 3.37. The Morgan fingerprint density at radius 2 is 1.97 bits per heavy atom. The molecule has 156 valence electrons. The van der Waals surface area contributed by atoms with Crippen LogP contribution < -0.4 is 10.2 Å². The number of rotatable bonds is 5. The molecule has 6 nitrogen and oxygen atoms in total. The van der Waals surface area contributed by atoms with Gasteiger partial charge in [0.1, 0.15) is 6.04 Å². The molecule has 6 heteroatoms. The van der Waals surface area contributed by atoms with Crippen LogP contribution in [0.5, 0.6) is 0 Å². The summed E-state index contributed by atoms with van der Waals surface area (Å²) in [5.41, 5.74) is 2.62. The van der Waals surface area contributed by atoms with E-state index in [1.165, 1.54) is 0 Å². The molecule has 1 fully saturated rings. The lowest BCUT2D eigenvalue weighted by Gasteiger charge is -2.26. The second-order valence-electron chi connectivity index (χ2n) is 8.08. The van der Waals surface area contributed by atoms with Gasteiger partial charge in [-0.3, -0.25) is 14.4 Å². The smallest absolute Gasteiger partial charge is 0.256 e. The second-order valence-corrected chi connectivity index (χ2v) is 8.08. The van der Waals surface area contributed by atoms with Gasteiger partial charge in [0.2, 0.25) is 5.91 Å². The first-order chi connectivity index (χ1) is 14.5. The lowest BCUT2D eigenvalue weighted by atomic mass is 10.1. The molecule has 0 aliphatic carbocycles. The minimum absolute atomic E-state index is 0.0553. The van der Waals surface area contributed by atoms with E-state index in [2.05, 4.69) is 5.32 Å². The maximum absolute atomic E-state index is 13.4. The molecule has 0 radical (unpaired) electrons. The van der Waals surface area contributed by atoms with Crippen LogP contribution in [0.4, 0.5) is 5.69 Å². The first-order valence-electron chi connectivity index (χ1n) is 10.6. The van der Waals surface area contributed by atoms with Crippen LogP contribution in [0.15, 0.2) is 48.5 Å². The number of amides is 3. The van der Waals surface area contributed by atoms with Crippen LogP contribution in [0, 0.1) is 0 Å². The average molecular weight is 405 g/mol. The van der Waals surface area contributed by atoms with E-state index < -0.39 is 6.04 Å². The summed E-state index contributed by atoms with van der Waals surface area (Å²) >= 11 is 0. The van der Waals surface area contributed by atoms with Gasteiger partial charge in [0.15, 0.2) is 0 Å². The molecule has 4 rings (SSSR count). The topological polar surface area (TPSA) is 69.7 Å². The molecule has 2 aliphatic rings. The third-order valence-electron chi connectivity index (χ3n) is 6.01. The standard InChI is InChI=1S/C24H27N3O3/c1-3-16(2)25-22(28)18-9-6-8-17(14-18)15-27-20-11-5-4-10-19(20)23(29)26-13-7-12-21(26)24(27)30/h4-6,8-11,14,16,21H,3,7,12-13,15H2,1-2H3,(H,25,28)/t16-,21+/m1/s1. The molecule has 2 aliphatic heterocycles. The monoisotopic (exact) mass is 405 g/mol. The summed E-state index contributed by atoms with van der Waals surface area (Å²) in [4.78, 5) is 42.4. The number of carbonyl (C=O) groups excluding carboxylic acids is 3. The molecule has 1 saturated heterocycles. The van der Waals surface area contributed by atoms with Crippen LogP contribution in [0.25, 0.3) is 0 Å². The first-order valence-corrected chi connectivity index (χ1v) is 10.6. The van der Waals surface area contributed by atoms with Gasteiger partial charge in [-0.2, -0.15) is 0 Å². The zero-order valence-electron chi connectivity index (χ0n) is 17.4. The highest BCUT2D eigenvalue weighted by molar-refractivity contribution is 6.11. The van der Waals surface area contributed by atoms with Crippen molar-refractivity contribution >= 4 is 23.4 Å². The Morgan fingerprint density at radius 1 is 1.17 bits per heavy atom. The second kappa shape index (κ2) is 8.30. The Kier molecular flexibility index (Phi) is 5.57. The predicted molar refractivity (Wildman–Crippen MR) is 115 cm³/mol. The minimum Gasteiger partial charge on any atom is -0.350 e. The SMILES string of the molecule is CC[C@@H](C)NC(=O)c1cccc(CN2C(=O)[C@@H]3CCCN3C(=O)c3ccccc32)c1. The van der Waals surface area contributed by atoms with E-state index in [0.29, 0.717) is 36.3 Å². The van der Waals surface area contributed by atoms with Crippen LogP contribution in [-0.2, 0) is 11.3 Å². The maximum atomic E-state index is 13.4. The molecular formula is C24H27N3O3. The van der Waals surface area contributed by atoms with Crippen LogP contribution in [-0.4, -0.2) is 41.2 Å². The fraction of sp³-hybridized carbons (Fsp3) is 0.375. The molecule has 30 heavy (non-hydrogen) atoms. The van der Waals surface area contributed by atoms with Crippen LogP contribution in [0.1, 0.15) is 59.4 Å². The van der Waals surface area contributed by atoms with Gasteiger partial charge in [-0.25, -0.2) is 0 Å². The van der Waals surface area contributed by atoms with E-state index >= 15 is 0 Å². The number of nitrogens with zero attached hydrogens (tertiary/aromatic N) is 2. The van der Waals surface area contributed by atoms with Gasteiger partial charge >= 0.3 is 0 Å². The van der Waals surface area contributed by atoms with Crippen molar-refractivity contribution in [3.63, 3.8) is 0 Å². The molecule has 1 N–H and O–H groups in total. The fourth-order valence-electron chi connectivity index (χ4n) is 4.18. The number of hydrogen-bond acceptors (Lipinski definition) is 3. The quantitative estimate of drug-likeness (QED) is 0.829. The summed E-state index contributed by atoms with van der Waals surface area (Å²) in [6.07, 6.45) is 2.38. The summed E-state index contributed by atoms with van der Waals surface area (Å²) in [5.74, 6) is -0.253. The van der Waals surface area contributed by atoms with E-state index in [1.807, 2.05) is 50.2 Å². The fourth-order valence-corrected chi connectivity index (χ4v) is 4.18. The Labute approximate surface area is 176 Å². The van der Waals surface area contributed by atoms with Gasteiger partial charge in [-0.15, -0.1) is 0 Å². The summed E-state index contributed by atoms with van der Waals surface area (Å²) in [6, 6.07) is 14.3. The Bertz CT molecular complexity index is 987. The van der Waals surface area contributed by atoms with Crippen LogP contribution in [0.3, 0.4) is 0 Å². The molecule has 0 bridgehead atoms. The number of carbonyl (C=O) groups is 3. The van der Waals surface area contributed by atoms with Gasteiger partial charge in [0.25, 0.3) is 11.8 Å². The lowest BCUT2D eigenvalue weighted by molar-refractivity contribution is -0.122. The molecule has 0 aromatic heterocycles. The number of benzene rings is 2. The minimum atomic E-state index is -0.415. The zero-order valence-corrected chi connectivity index (χ0v) is 17.4. The van der Waals surface area contributed by atoms with Crippen molar-refractivity contribution in [2.24, 2.45) is 0 Å². The zero-order chi connectivity index (χ0) is 21.3. The highest BCUT2D eigenvalue weighted by Crippen LogP contribution is 2.33. The van der Waals surface area contributed by atoms with Crippen LogP contribution in [0.2, 0.25) is 0 Å². The third kappa shape index (κ3) is 3.70. The number of anilines is 1. The third-order valence-corrected chi connectivity index (χ3v) is 6.01. The van der Waals surface area contributed by atoms with Gasteiger partial charge in [-0.05, 0) is 56.0 Å². The van der Waals surface area contributed by atoms with Crippen molar-refractivity contribution in [2.75, 3.05) is 11.4 Å². The van der Waals surface area contributed by atoms with Crippen molar-refractivity contribution in [2.45, 2.75) is 51.7 Å². The van der Waals surface area contributed by atoms with Crippen LogP contribution >= 0.6 is 0 Å². The molecule has 2 heterocycles. The van der Waals surface area contributed by atoms with Crippen molar-refractivity contribution < 1.29 is 14.4 Å². The number of nitrogens with one attached hydrogen (secondary N) is 1. The van der Waals surface area contributed by atoms with Gasteiger partial charge in [0.05, 0.1) is 17.8 Å². The molecule has 0 saturated carbocycles. The number of fused-ring (bicyclic) bond motifs is 2. The average Bonchev–Trinajstić information content (AvgIpc) is 3.24. The molecular weight excluding hydrogens is 378 g/mol. The van der Waals surface area contributed by atoms with E-state index in [4.69, 9.17) is 0 Å². The van der Waals surface area contributed by atoms with Crippen molar-refractivity contribution in [3.05, 3.63) is 65.2 Å². The summed E-state index contributed by atoms with van der Waals surface area (Å²) in [5, 5.41) is 2.98. The molecule has 2 aromatic carbocycles. The summed E-state index contributed by atoms with van der Waals surface area (Å²) in [7, 11) is 0. The van der Waals surface area contributed by atoms with E-state index in [9.17, 15) is 14.4 Å². The van der Waals surface area contributed by atoms with Gasteiger partial charge in [-0.1, -0.05) is 31.2 Å².